The van der Waals surface area contributed by atoms with Crippen LogP contribution in [0.1, 0.15) is 16.7 Å². The Hall–Kier alpha value is -2.47. The Morgan fingerprint density at radius 2 is 1.68 bits per heavy atom. The zero-order chi connectivity index (χ0) is 21.3. The third-order valence-corrected chi connectivity index (χ3v) is 4.98. The molecule has 4 nitrogen and oxygen atoms in total. The molecule has 0 fully saturated rings. The van der Waals surface area contributed by atoms with Crippen molar-refractivity contribution in [3.05, 3.63) is 88.2 Å². The molecule has 1 N–H and O–H groups in total. The molecule has 0 aliphatic rings. The highest BCUT2D eigenvalue weighted by molar-refractivity contribution is 6.32. The van der Waals surface area contributed by atoms with Gasteiger partial charge in [-0.25, -0.2) is 4.39 Å². The normalized spacial score (nSPS) is 10.3. The number of nitrogens with one attached hydrogen (secondary N) is 1. The molecule has 0 unspecified atom stereocenters. The molecule has 166 valence electrons. The number of methoxy groups -OCH3 is 2. The highest BCUT2D eigenvalue weighted by Gasteiger charge is 2.13. The van der Waals surface area contributed by atoms with E-state index in [1.165, 1.54) is 11.6 Å². The summed E-state index contributed by atoms with van der Waals surface area (Å²) in [6.45, 7) is 1.53. The third kappa shape index (κ3) is 7.03. The van der Waals surface area contributed by atoms with E-state index in [-0.39, 0.29) is 24.8 Å². The first-order valence-electron chi connectivity index (χ1n) is 9.67. The van der Waals surface area contributed by atoms with Gasteiger partial charge in [-0.3, -0.25) is 0 Å². The Morgan fingerprint density at radius 1 is 0.935 bits per heavy atom. The van der Waals surface area contributed by atoms with Crippen LogP contribution in [-0.2, 0) is 19.6 Å². The van der Waals surface area contributed by atoms with Crippen LogP contribution in [0.25, 0.3) is 0 Å². The van der Waals surface area contributed by atoms with Crippen molar-refractivity contribution in [2.24, 2.45) is 0 Å². The number of hydrogen-bond acceptors (Lipinski definition) is 4. The average Bonchev–Trinajstić information content (AvgIpc) is 2.77. The van der Waals surface area contributed by atoms with Gasteiger partial charge >= 0.3 is 0 Å². The van der Waals surface area contributed by atoms with Crippen LogP contribution in [0.5, 0.6) is 17.2 Å². The topological polar surface area (TPSA) is 39.7 Å². The molecule has 0 saturated heterocycles. The van der Waals surface area contributed by atoms with E-state index in [0.29, 0.717) is 28.6 Å². The van der Waals surface area contributed by atoms with Crippen molar-refractivity contribution in [3.63, 3.8) is 0 Å². The molecule has 0 aliphatic carbocycles. The van der Waals surface area contributed by atoms with E-state index in [4.69, 9.17) is 25.8 Å². The van der Waals surface area contributed by atoms with E-state index < -0.39 is 0 Å². The summed E-state index contributed by atoms with van der Waals surface area (Å²) < 4.78 is 30.2. The van der Waals surface area contributed by atoms with Gasteiger partial charge in [0.25, 0.3) is 0 Å². The summed E-state index contributed by atoms with van der Waals surface area (Å²) in [4.78, 5) is 0. The Kier molecular flexibility index (Phi) is 9.92. The van der Waals surface area contributed by atoms with Crippen LogP contribution in [0, 0.1) is 5.82 Å². The molecule has 0 aliphatic heterocycles. The first-order chi connectivity index (χ1) is 14.6. The predicted octanol–water partition coefficient (Wildman–Crippen LogP) is 5.83. The van der Waals surface area contributed by atoms with Crippen molar-refractivity contribution in [1.29, 1.82) is 0 Å². The zero-order valence-electron chi connectivity index (χ0n) is 17.5. The molecule has 0 heterocycles. The lowest BCUT2D eigenvalue weighted by Crippen LogP contribution is -2.16. The fourth-order valence-electron chi connectivity index (χ4n) is 3.04. The summed E-state index contributed by atoms with van der Waals surface area (Å²) in [7, 11) is 3.22. The number of hydrogen-bond donors (Lipinski definition) is 1. The van der Waals surface area contributed by atoms with Crippen molar-refractivity contribution in [3.8, 4) is 17.2 Å². The van der Waals surface area contributed by atoms with E-state index in [0.717, 1.165) is 24.3 Å². The van der Waals surface area contributed by atoms with Gasteiger partial charge in [-0.05, 0) is 54.4 Å². The SMILES string of the molecule is COc1ccc(CCNCc2cc(Cl)c(OCc3ccccc3F)c(OC)c2)cc1.Cl. The second-order valence-corrected chi connectivity index (χ2v) is 7.17. The lowest BCUT2D eigenvalue weighted by atomic mass is 10.1. The number of rotatable bonds is 10. The van der Waals surface area contributed by atoms with Crippen LogP contribution in [0.3, 0.4) is 0 Å². The minimum Gasteiger partial charge on any atom is -0.497 e. The molecule has 0 amide bonds. The molecule has 3 aromatic rings. The van der Waals surface area contributed by atoms with Gasteiger partial charge in [0.1, 0.15) is 18.2 Å². The lowest BCUT2D eigenvalue weighted by Gasteiger charge is -2.15. The summed E-state index contributed by atoms with van der Waals surface area (Å²) >= 11 is 6.42. The van der Waals surface area contributed by atoms with Crippen LogP contribution in [0.15, 0.2) is 60.7 Å². The Labute approximate surface area is 193 Å². The van der Waals surface area contributed by atoms with Gasteiger partial charge in [0.2, 0.25) is 0 Å². The van der Waals surface area contributed by atoms with Crippen molar-refractivity contribution in [1.82, 2.24) is 5.32 Å². The molecule has 0 spiro atoms. The minimum absolute atomic E-state index is 0. The van der Waals surface area contributed by atoms with E-state index in [9.17, 15) is 4.39 Å². The van der Waals surface area contributed by atoms with Crippen molar-refractivity contribution >= 4 is 24.0 Å². The quantitative estimate of drug-likeness (QED) is 0.382. The van der Waals surface area contributed by atoms with Gasteiger partial charge in [0.15, 0.2) is 11.5 Å². The highest BCUT2D eigenvalue weighted by atomic mass is 35.5. The van der Waals surface area contributed by atoms with Crippen molar-refractivity contribution < 1.29 is 18.6 Å². The van der Waals surface area contributed by atoms with Crippen molar-refractivity contribution in [2.45, 2.75) is 19.6 Å². The summed E-state index contributed by atoms with van der Waals surface area (Å²) in [6, 6.07) is 18.2. The van der Waals surface area contributed by atoms with Gasteiger partial charge in [-0.1, -0.05) is 41.9 Å². The van der Waals surface area contributed by atoms with Crippen LogP contribution in [0.2, 0.25) is 5.02 Å². The molecular weight excluding hydrogens is 440 g/mol. The van der Waals surface area contributed by atoms with Crippen molar-refractivity contribution in [2.75, 3.05) is 20.8 Å². The van der Waals surface area contributed by atoms with E-state index in [1.54, 1.807) is 32.4 Å². The molecule has 31 heavy (non-hydrogen) atoms. The summed E-state index contributed by atoms with van der Waals surface area (Å²) in [5.74, 6) is 1.46. The average molecular weight is 466 g/mol. The second-order valence-electron chi connectivity index (χ2n) is 6.76. The van der Waals surface area contributed by atoms with E-state index in [2.05, 4.69) is 17.4 Å². The van der Waals surface area contributed by atoms with Gasteiger partial charge in [-0.15, -0.1) is 12.4 Å². The van der Waals surface area contributed by atoms with Gasteiger partial charge < -0.3 is 19.5 Å². The smallest absolute Gasteiger partial charge is 0.180 e. The first-order valence-corrected chi connectivity index (χ1v) is 10.0. The van der Waals surface area contributed by atoms with Gasteiger partial charge in [0, 0.05) is 12.1 Å². The van der Waals surface area contributed by atoms with E-state index in [1.807, 2.05) is 24.3 Å². The van der Waals surface area contributed by atoms with Crippen LogP contribution >= 0.6 is 24.0 Å². The molecule has 7 heteroatoms. The molecule has 0 aromatic heterocycles. The Balaban J connectivity index is 0.00000341. The Bertz CT molecular complexity index is 968. The minimum atomic E-state index is -0.315. The maximum absolute atomic E-state index is 13.8. The van der Waals surface area contributed by atoms with E-state index >= 15 is 0 Å². The number of benzene rings is 3. The van der Waals surface area contributed by atoms with Crippen LogP contribution in [0.4, 0.5) is 4.39 Å². The number of ether oxygens (including phenoxy) is 3. The first kappa shape index (κ1) is 24.8. The second kappa shape index (κ2) is 12.4. The standard InChI is InChI=1S/C24H25ClFNO3.ClH/c1-28-20-9-7-17(8-10-20)11-12-27-15-18-13-21(25)24(23(14-18)29-2)30-16-19-5-3-4-6-22(19)26;/h3-10,13-14,27H,11-12,15-16H2,1-2H3;1H. The molecule has 0 bridgehead atoms. The summed E-state index contributed by atoms with van der Waals surface area (Å²) in [5.41, 5.74) is 2.67. The Morgan fingerprint density at radius 3 is 2.35 bits per heavy atom. The maximum Gasteiger partial charge on any atom is 0.180 e. The van der Waals surface area contributed by atoms with Crippen LogP contribution < -0.4 is 19.5 Å². The molecule has 0 radical (unpaired) electrons. The summed E-state index contributed by atoms with van der Waals surface area (Å²) in [5, 5.41) is 3.83. The molecular formula is C24H26Cl2FNO3. The monoisotopic (exact) mass is 465 g/mol. The zero-order valence-corrected chi connectivity index (χ0v) is 19.1. The molecule has 0 atom stereocenters. The fourth-order valence-corrected chi connectivity index (χ4v) is 3.33. The molecule has 3 aromatic carbocycles. The lowest BCUT2D eigenvalue weighted by molar-refractivity contribution is 0.279. The largest absolute Gasteiger partial charge is 0.497 e. The summed E-state index contributed by atoms with van der Waals surface area (Å²) in [6.07, 6.45) is 0.901. The highest BCUT2D eigenvalue weighted by Crippen LogP contribution is 2.37. The fraction of sp³-hybridized carbons (Fsp3) is 0.250. The van der Waals surface area contributed by atoms with Crippen LogP contribution in [-0.4, -0.2) is 20.8 Å². The van der Waals surface area contributed by atoms with Gasteiger partial charge in [-0.2, -0.15) is 0 Å². The third-order valence-electron chi connectivity index (χ3n) is 4.70. The number of halogens is 3. The van der Waals surface area contributed by atoms with Gasteiger partial charge in [0.05, 0.1) is 19.2 Å². The maximum atomic E-state index is 13.8. The molecule has 0 saturated carbocycles. The predicted molar refractivity (Wildman–Crippen MR) is 124 cm³/mol. The molecule has 3 rings (SSSR count).